The molecule has 5 nitrogen and oxygen atoms in total. The zero-order valence-electron chi connectivity index (χ0n) is 13.2. The van der Waals surface area contributed by atoms with Gasteiger partial charge in [-0.2, -0.15) is 0 Å². The highest BCUT2D eigenvalue weighted by Gasteiger charge is 2.20. The topological polar surface area (TPSA) is 67.8 Å². The molecule has 0 spiro atoms. The van der Waals surface area contributed by atoms with Crippen molar-refractivity contribution in [2.24, 2.45) is 0 Å². The summed E-state index contributed by atoms with van der Waals surface area (Å²) in [5, 5.41) is 12.5. The number of methoxy groups -OCH3 is 1. The molecule has 1 amide bonds. The minimum absolute atomic E-state index is 0.0793. The van der Waals surface area contributed by atoms with Crippen LogP contribution in [-0.2, 0) is 9.53 Å². The van der Waals surface area contributed by atoms with E-state index in [9.17, 15) is 9.90 Å². The second kappa shape index (κ2) is 8.00. The van der Waals surface area contributed by atoms with Gasteiger partial charge in [-0.05, 0) is 30.5 Å². The van der Waals surface area contributed by atoms with Crippen LogP contribution in [0, 0.1) is 0 Å². The Kier molecular flexibility index (Phi) is 6.65. The Bertz CT molecular complexity index is 440. The standard InChI is InChI=1S/C16H25NO4/c1-12(2)13-5-7-14(8-6-13)21-9-15(18)17-10-16(3,19)11-20-4/h5-8,12,19H,9-11H2,1-4H3,(H,17,18). The summed E-state index contributed by atoms with van der Waals surface area (Å²) in [5.74, 6) is 0.836. The van der Waals surface area contributed by atoms with Gasteiger partial charge in [-0.1, -0.05) is 26.0 Å². The minimum Gasteiger partial charge on any atom is -0.484 e. The van der Waals surface area contributed by atoms with Gasteiger partial charge in [0, 0.05) is 13.7 Å². The number of nitrogens with one attached hydrogen (secondary N) is 1. The summed E-state index contributed by atoms with van der Waals surface area (Å²) >= 11 is 0. The van der Waals surface area contributed by atoms with Crippen LogP contribution >= 0.6 is 0 Å². The Morgan fingerprint density at radius 2 is 1.95 bits per heavy atom. The molecule has 1 aromatic rings. The maximum atomic E-state index is 11.7. The fraction of sp³-hybridized carbons (Fsp3) is 0.562. The van der Waals surface area contributed by atoms with Gasteiger partial charge in [-0.25, -0.2) is 0 Å². The molecule has 0 heterocycles. The molecule has 1 aromatic carbocycles. The lowest BCUT2D eigenvalue weighted by molar-refractivity contribution is -0.124. The molecule has 0 radical (unpaired) electrons. The van der Waals surface area contributed by atoms with E-state index in [-0.39, 0.29) is 25.7 Å². The molecular formula is C16H25NO4. The van der Waals surface area contributed by atoms with Crippen molar-refractivity contribution in [2.45, 2.75) is 32.3 Å². The van der Waals surface area contributed by atoms with Crippen molar-refractivity contribution in [3.8, 4) is 5.75 Å². The monoisotopic (exact) mass is 295 g/mol. The van der Waals surface area contributed by atoms with Crippen molar-refractivity contribution >= 4 is 5.91 Å². The second-order valence-electron chi connectivity index (χ2n) is 5.72. The Morgan fingerprint density at radius 1 is 1.33 bits per heavy atom. The van der Waals surface area contributed by atoms with E-state index in [4.69, 9.17) is 9.47 Å². The molecule has 0 aliphatic rings. The van der Waals surface area contributed by atoms with Crippen LogP contribution in [0.15, 0.2) is 24.3 Å². The normalized spacial score (nSPS) is 13.8. The lowest BCUT2D eigenvalue weighted by Gasteiger charge is -2.22. The van der Waals surface area contributed by atoms with Gasteiger partial charge in [0.25, 0.3) is 5.91 Å². The highest BCUT2D eigenvalue weighted by molar-refractivity contribution is 5.77. The van der Waals surface area contributed by atoms with Crippen LogP contribution in [0.3, 0.4) is 0 Å². The van der Waals surface area contributed by atoms with Gasteiger partial charge in [0.2, 0.25) is 0 Å². The maximum Gasteiger partial charge on any atom is 0.258 e. The molecule has 0 aliphatic carbocycles. The summed E-state index contributed by atoms with van der Waals surface area (Å²) in [6.07, 6.45) is 0. The fourth-order valence-electron chi connectivity index (χ4n) is 1.80. The lowest BCUT2D eigenvalue weighted by atomic mass is 10.0. The molecule has 118 valence electrons. The van der Waals surface area contributed by atoms with E-state index in [1.807, 2.05) is 24.3 Å². The second-order valence-corrected chi connectivity index (χ2v) is 5.72. The predicted molar refractivity (Wildman–Crippen MR) is 81.5 cm³/mol. The number of carbonyl (C=O) groups excluding carboxylic acids is 1. The number of amides is 1. The van der Waals surface area contributed by atoms with Crippen LogP contribution in [0.25, 0.3) is 0 Å². The molecule has 0 aromatic heterocycles. The first-order valence-electron chi connectivity index (χ1n) is 7.05. The molecule has 0 aliphatic heterocycles. The summed E-state index contributed by atoms with van der Waals surface area (Å²) in [5.41, 5.74) is 0.144. The Morgan fingerprint density at radius 3 is 2.48 bits per heavy atom. The summed E-state index contributed by atoms with van der Waals surface area (Å²) in [7, 11) is 1.50. The SMILES string of the molecule is COCC(C)(O)CNC(=O)COc1ccc(C(C)C)cc1. The summed E-state index contributed by atoms with van der Waals surface area (Å²) in [6, 6.07) is 7.68. The van der Waals surface area contributed by atoms with Crippen molar-refractivity contribution in [1.29, 1.82) is 0 Å². The highest BCUT2D eigenvalue weighted by Crippen LogP contribution is 2.18. The van der Waals surface area contributed by atoms with Crippen LogP contribution in [0.2, 0.25) is 0 Å². The largest absolute Gasteiger partial charge is 0.484 e. The van der Waals surface area contributed by atoms with Gasteiger partial charge in [-0.15, -0.1) is 0 Å². The number of aliphatic hydroxyl groups is 1. The number of benzene rings is 1. The maximum absolute atomic E-state index is 11.7. The fourth-order valence-corrected chi connectivity index (χ4v) is 1.80. The third-order valence-electron chi connectivity index (χ3n) is 3.04. The molecule has 21 heavy (non-hydrogen) atoms. The Hall–Kier alpha value is -1.59. The average molecular weight is 295 g/mol. The zero-order chi connectivity index (χ0) is 15.9. The van der Waals surface area contributed by atoms with Gasteiger partial charge in [-0.3, -0.25) is 4.79 Å². The third kappa shape index (κ3) is 6.60. The van der Waals surface area contributed by atoms with Gasteiger partial charge in [0.1, 0.15) is 11.4 Å². The smallest absolute Gasteiger partial charge is 0.258 e. The minimum atomic E-state index is -1.08. The number of hydrogen-bond donors (Lipinski definition) is 2. The average Bonchev–Trinajstić information content (AvgIpc) is 2.43. The molecule has 0 saturated heterocycles. The molecule has 0 saturated carbocycles. The zero-order valence-corrected chi connectivity index (χ0v) is 13.2. The molecule has 1 rings (SSSR count). The van der Waals surface area contributed by atoms with E-state index < -0.39 is 5.60 Å². The van der Waals surface area contributed by atoms with Crippen molar-refractivity contribution < 1.29 is 19.4 Å². The summed E-state index contributed by atoms with van der Waals surface area (Å²) in [6.45, 7) is 6.04. The summed E-state index contributed by atoms with van der Waals surface area (Å²) in [4.78, 5) is 11.7. The molecule has 1 atom stereocenters. The van der Waals surface area contributed by atoms with E-state index in [1.165, 1.54) is 12.7 Å². The number of rotatable bonds is 8. The van der Waals surface area contributed by atoms with Crippen LogP contribution in [0.4, 0.5) is 0 Å². The van der Waals surface area contributed by atoms with E-state index in [0.29, 0.717) is 11.7 Å². The quantitative estimate of drug-likeness (QED) is 0.766. The van der Waals surface area contributed by atoms with Crippen molar-refractivity contribution in [2.75, 3.05) is 26.9 Å². The van der Waals surface area contributed by atoms with E-state index >= 15 is 0 Å². The van der Waals surface area contributed by atoms with Gasteiger partial charge in [0.05, 0.1) is 6.61 Å². The van der Waals surface area contributed by atoms with Crippen molar-refractivity contribution in [3.05, 3.63) is 29.8 Å². The highest BCUT2D eigenvalue weighted by atomic mass is 16.5. The van der Waals surface area contributed by atoms with Crippen LogP contribution in [0.1, 0.15) is 32.3 Å². The van der Waals surface area contributed by atoms with Crippen LogP contribution < -0.4 is 10.1 Å². The molecule has 1 unspecified atom stereocenters. The van der Waals surface area contributed by atoms with Crippen molar-refractivity contribution in [1.82, 2.24) is 5.32 Å². The van der Waals surface area contributed by atoms with Gasteiger partial charge in [0.15, 0.2) is 6.61 Å². The van der Waals surface area contributed by atoms with Crippen molar-refractivity contribution in [3.63, 3.8) is 0 Å². The van der Waals surface area contributed by atoms with E-state index in [0.717, 1.165) is 0 Å². The van der Waals surface area contributed by atoms with E-state index in [1.54, 1.807) is 6.92 Å². The van der Waals surface area contributed by atoms with Gasteiger partial charge >= 0.3 is 0 Å². The third-order valence-corrected chi connectivity index (χ3v) is 3.04. The van der Waals surface area contributed by atoms with Crippen LogP contribution in [-0.4, -0.2) is 43.5 Å². The molecular weight excluding hydrogens is 270 g/mol. The first-order valence-corrected chi connectivity index (χ1v) is 7.05. The number of carbonyl (C=O) groups is 1. The Labute approximate surface area is 126 Å². The predicted octanol–water partition coefficient (Wildman–Crippen LogP) is 1.70. The lowest BCUT2D eigenvalue weighted by Crippen LogP contribution is -2.45. The molecule has 5 heteroatoms. The summed E-state index contributed by atoms with van der Waals surface area (Å²) < 4.78 is 10.3. The number of ether oxygens (including phenoxy) is 2. The Balaban J connectivity index is 2.36. The number of hydrogen-bond acceptors (Lipinski definition) is 4. The van der Waals surface area contributed by atoms with E-state index in [2.05, 4.69) is 19.2 Å². The van der Waals surface area contributed by atoms with Gasteiger partial charge < -0.3 is 19.9 Å². The first kappa shape index (κ1) is 17.5. The van der Waals surface area contributed by atoms with Crippen LogP contribution in [0.5, 0.6) is 5.75 Å². The first-order chi connectivity index (χ1) is 9.84. The molecule has 0 fully saturated rings. The molecule has 2 N–H and O–H groups in total. The molecule has 0 bridgehead atoms.